The van der Waals surface area contributed by atoms with Crippen LogP contribution in [-0.4, -0.2) is 16.8 Å². The Labute approximate surface area is 160 Å². The first-order valence-electron chi connectivity index (χ1n) is 9.05. The van der Waals surface area contributed by atoms with Gasteiger partial charge < -0.3 is 4.98 Å². The van der Waals surface area contributed by atoms with E-state index in [1.165, 1.54) is 21.8 Å². The molecular weight excluding hydrogens is 348 g/mol. The van der Waals surface area contributed by atoms with Crippen LogP contribution in [0.5, 0.6) is 0 Å². The number of fused-ring (bicyclic) bond motifs is 3. The highest BCUT2D eigenvalue weighted by Crippen LogP contribution is 2.26. The predicted molar refractivity (Wildman–Crippen MR) is 112 cm³/mol. The van der Waals surface area contributed by atoms with E-state index >= 15 is 0 Å². The molecule has 2 heterocycles. The molecule has 0 saturated carbocycles. The molecule has 0 bridgehead atoms. The van der Waals surface area contributed by atoms with Crippen molar-refractivity contribution < 1.29 is 9.59 Å². The summed E-state index contributed by atoms with van der Waals surface area (Å²) in [6.07, 6.45) is 0. The fraction of sp³-hybridized carbons (Fsp3) is 0. The Hall–Kier alpha value is -3.92. The van der Waals surface area contributed by atoms with Crippen LogP contribution in [0.3, 0.4) is 0 Å². The number of H-pyrrole nitrogens is 1. The molecule has 0 fully saturated rings. The normalized spacial score (nSPS) is 12.7. The number of benzene rings is 4. The third-order valence-corrected chi connectivity index (χ3v) is 5.03. The van der Waals surface area contributed by atoms with Crippen LogP contribution in [0.25, 0.3) is 32.6 Å². The highest BCUT2D eigenvalue weighted by molar-refractivity contribution is 6.25. The first kappa shape index (κ1) is 16.3. The summed E-state index contributed by atoms with van der Waals surface area (Å²) in [5.74, 6) is -0.631. The molecule has 28 heavy (non-hydrogen) atoms. The zero-order chi connectivity index (χ0) is 19.1. The molecule has 4 aromatic carbocycles. The topological polar surface area (TPSA) is 62.0 Å². The molecule has 6 rings (SSSR count). The van der Waals surface area contributed by atoms with E-state index in [1.807, 2.05) is 24.3 Å². The zero-order valence-corrected chi connectivity index (χ0v) is 14.9. The number of carbonyl (C=O) groups is 2. The molecule has 2 N–H and O–H groups in total. The quantitative estimate of drug-likeness (QED) is 0.378. The molecule has 0 saturated heterocycles. The largest absolute Gasteiger partial charge is 0.355 e. The Morgan fingerprint density at radius 1 is 0.536 bits per heavy atom. The average Bonchev–Trinajstić information content (AvgIpc) is 3.11. The lowest BCUT2D eigenvalue weighted by atomic mass is 9.95. The molecule has 1 aliphatic rings. The first-order valence-corrected chi connectivity index (χ1v) is 9.05. The summed E-state index contributed by atoms with van der Waals surface area (Å²) in [7, 11) is 0. The second-order valence-electron chi connectivity index (χ2n) is 6.71. The number of para-hydroxylation sites is 2. The molecule has 4 nitrogen and oxygen atoms in total. The predicted octanol–water partition coefficient (Wildman–Crippen LogP) is 5.04. The van der Waals surface area contributed by atoms with Crippen molar-refractivity contribution in [3.8, 4) is 0 Å². The van der Waals surface area contributed by atoms with Crippen LogP contribution >= 0.6 is 0 Å². The number of imide groups is 1. The van der Waals surface area contributed by atoms with E-state index in [0.717, 1.165) is 10.8 Å². The second-order valence-corrected chi connectivity index (χ2v) is 6.71. The molecule has 0 atom stereocenters. The maximum absolute atomic E-state index is 11.6. The van der Waals surface area contributed by atoms with Gasteiger partial charge in [-0.05, 0) is 29.7 Å². The summed E-state index contributed by atoms with van der Waals surface area (Å²) in [6.45, 7) is 0. The van der Waals surface area contributed by atoms with Crippen LogP contribution in [0, 0.1) is 0 Å². The summed E-state index contributed by atoms with van der Waals surface area (Å²) in [6, 6.07) is 27.6. The van der Waals surface area contributed by atoms with Crippen molar-refractivity contribution in [1.29, 1.82) is 0 Å². The molecule has 5 aromatic rings. The van der Waals surface area contributed by atoms with Gasteiger partial charge in [-0.15, -0.1) is 0 Å². The lowest BCUT2D eigenvalue weighted by Gasteiger charge is -2.15. The molecule has 0 unspecified atom stereocenters. The van der Waals surface area contributed by atoms with Crippen molar-refractivity contribution >= 4 is 44.4 Å². The second kappa shape index (κ2) is 6.35. The molecule has 0 aliphatic carbocycles. The lowest BCUT2D eigenvalue weighted by Crippen LogP contribution is -2.34. The van der Waals surface area contributed by atoms with E-state index in [-0.39, 0.29) is 11.8 Å². The van der Waals surface area contributed by atoms with Crippen molar-refractivity contribution in [2.75, 3.05) is 0 Å². The number of carbonyl (C=O) groups excluding carboxylic acids is 2. The maximum atomic E-state index is 11.6. The van der Waals surface area contributed by atoms with E-state index in [2.05, 4.69) is 58.8 Å². The van der Waals surface area contributed by atoms with Crippen LogP contribution in [0.1, 0.15) is 20.7 Å². The summed E-state index contributed by atoms with van der Waals surface area (Å²) in [5, 5.41) is 6.61. The molecule has 1 aromatic heterocycles. The van der Waals surface area contributed by atoms with E-state index in [1.54, 1.807) is 12.1 Å². The van der Waals surface area contributed by atoms with Crippen molar-refractivity contribution in [3.05, 3.63) is 96.1 Å². The summed E-state index contributed by atoms with van der Waals surface area (Å²) >= 11 is 0. The molecule has 0 spiro atoms. The lowest BCUT2D eigenvalue weighted by molar-refractivity contribution is 0.0845. The van der Waals surface area contributed by atoms with Gasteiger partial charge in [0.2, 0.25) is 0 Å². The SMILES string of the molecule is O=C1NC(=O)c2cccc3cccc1c23.c1ccc2c(c1)[nH]c1ccccc12. The highest BCUT2D eigenvalue weighted by atomic mass is 16.2. The minimum Gasteiger partial charge on any atom is -0.355 e. The zero-order valence-electron chi connectivity index (χ0n) is 14.9. The third kappa shape index (κ3) is 2.55. The van der Waals surface area contributed by atoms with Gasteiger partial charge in [0.15, 0.2) is 0 Å². The van der Waals surface area contributed by atoms with Gasteiger partial charge in [0, 0.05) is 38.3 Å². The Kier molecular flexibility index (Phi) is 3.69. The smallest absolute Gasteiger partial charge is 0.258 e. The van der Waals surface area contributed by atoms with Crippen molar-refractivity contribution in [2.24, 2.45) is 0 Å². The van der Waals surface area contributed by atoms with Crippen LogP contribution in [0.2, 0.25) is 0 Å². The minimum atomic E-state index is -0.315. The van der Waals surface area contributed by atoms with Gasteiger partial charge in [0.05, 0.1) is 0 Å². The van der Waals surface area contributed by atoms with Crippen molar-refractivity contribution in [2.45, 2.75) is 0 Å². The highest BCUT2D eigenvalue weighted by Gasteiger charge is 2.23. The Balaban J connectivity index is 0.000000123. The molecule has 2 amide bonds. The van der Waals surface area contributed by atoms with Crippen LogP contribution < -0.4 is 5.32 Å². The van der Waals surface area contributed by atoms with Crippen molar-refractivity contribution in [3.63, 3.8) is 0 Å². The number of nitrogens with one attached hydrogen (secondary N) is 2. The van der Waals surface area contributed by atoms with Crippen LogP contribution in [0.4, 0.5) is 0 Å². The summed E-state index contributed by atoms with van der Waals surface area (Å²) in [4.78, 5) is 26.5. The number of amides is 2. The van der Waals surface area contributed by atoms with Gasteiger partial charge in [-0.2, -0.15) is 0 Å². The van der Waals surface area contributed by atoms with Gasteiger partial charge in [-0.3, -0.25) is 14.9 Å². The average molecular weight is 364 g/mol. The Morgan fingerprint density at radius 3 is 1.57 bits per heavy atom. The maximum Gasteiger partial charge on any atom is 0.258 e. The molecule has 134 valence electrons. The van der Waals surface area contributed by atoms with Crippen molar-refractivity contribution in [1.82, 2.24) is 10.3 Å². The summed E-state index contributed by atoms with van der Waals surface area (Å²) in [5.41, 5.74) is 3.57. The Morgan fingerprint density at radius 2 is 1.04 bits per heavy atom. The molecule has 0 radical (unpaired) electrons. The van der Waals surface area contributed by atoms with E-state index in [9.17, 15) is 9.59 Å². The number of aromatic nitrogens is 1. The standard InChI is InChI=1S/C12H7NO2.C12H9N/c14-11-8-5-1-3-7-4-2-6-9(10(7)8)12(15)13-11;1-3-7-11-9(5-1)10-6-2-4-8-12(10)13-11/h1-6H,(H,13,14,15);1-8,13H. The van der Waals surface area contributed by atoms with Crippen LogP contribution in [0.15, 0.2) is 84.9 Å². The van der Waals surface area contributed by atoms with E-state index < -0.39 is 0 Å². The third-order valence-electron chi connectivity index (χ3n) is 5.03. The van der Waals surface area contributed by atoms with Gasteiger partial charge in [0.1, 0.15) is 0 Å². The first-order chi connectivity index (χ1) is 13.7. The number of aromatic amines is 1. The molecule has 4 heteroatoms. The molecular formula is C24H16N2O2. The molecule has 1 aliphatic heterocycles. The summed E-state index contributed by atoms with van der Waals surface area (Å²) < 4.78 is 0. The number of hydrogen-bond acceptors (Lipinski definition) is 2. The van der Waals surface area contributed by atoms with E-state index in [4.69, 9.17) is 0 Å². The fourth-order valence-corrected chi connectivity index (χ4v) is 3.76. The monoisotopic (exact) mass is 364 g/mol. The number of rotatable bonds is 0. The number of hydrogen-bond donors (Lipinski definition) is 2. The van der Waals surface area contributed by atoms with E-state index in [0.29, 0.717) is 11.1 Å². The minimum absolute atomic E-state index is 0.315. The fourth-order valence-electron chi connectivity index (χ4n) is 3.76. The van der Waals surface area contributed by atoms with Crippen LogP contribution in [-0.2, 0) is 0 Å². The van der Waals surface area contributed by atoms with Gasteiger partial charge >= 0.3 is 0 Å². The van der Waals surface area contributed by atoms with Gasteiger partial charge in [-0.25, -0.2) is 0 Å². The van der Waals surface area contributed by atoms with Gasteiger partial charge in [0.25, 0.3) is 11.8 Å². The Bertz CT molecular complexity index is 1280. The van der Waals surface area contributed by atoms with Gasteiger partial charge in [-0.1, -0.05) is 60.7 Å².